The van der Waals surface area contributed by atoms with Gasteiger partial charge in [0.2, 0.25) is 5.91 Å². The number of piperidine rings is 1. The lowest BCUT2D eigenvalue weighted by Crippen LogP contribution is -2.48. The summed E-state index contributed by atoms with van der Waals surface area (Å²) in [6.07, 6.45) is 5.68. The van der Waals surface area contributed by atoms with E-state index in [2.05, 4.69) is 28.5 Å². The number of fused-ring (bicyclic) bond motifs is 5. The number of amides is 1. The summed E-state index contributed by atoms with van der Waals surface area (Å²) in [6.45, 7) is 3.24. The van der Waals surface area contributed by atoms with Gasteiger partial charge in [-0.05, 0) is 61.4 Å². The minimum absolute atomic E-state index is 0.130. The van der Waals surface area contributed by atoms with Gasteiger partial charge in [0.05, 0.1) is 30.1 Å². The molecule has 2 aromatic carbocycles. The molecule has 1 aliphatic carbocycles. The van der Waals surface area contributed by atoms with Gasteiger partial charge in [0, 0.05) is 48.8 Å². The number of nitrogens with one attached hydrogen (secondary N) is 2. The molecule has 6 rings (SSSR count). The van der Waals surface area contributed by atoms with Gasteiger partial charge >= 0.3 is 0 Å². The fraction of sp³-hybridized carbons (Fsp3) is 0.400. The van der Waals surface area contributed by atoms with E-state index >= 15 is 0 Å². The molecular weight excluding hydrogens is 467 g/mol. The Bertz CT molecular complexity index is 1480. The zero-order chi connectivity index (χ0) is 25.5. The summed E-state index contributed by atoms with van der Waals surface area (Å²) in [6, 6.07) is 13.9. The van der Waals surface area contributed by atoms with Crippen LogP contribution in [0.15, 0.2) is 42.5 Å². The number of rotatable bonds is 5. The topological polar surface area (TPSA) is 70.2 Å². The van der Waals surface area contributed by atoms with Gasteiger partial charge in [-0.3, -0.25) is 9.78 Å². The quantitative estimate of drug-likeness (QED) is 0.383. The van der Waals surface area contributed by atoms with Crippen LogP contribution in [-0.4, -0.2) is 47.0 Å². The molecule has 3 heterocycles. The summed E-state index contributed by atoms with van der Waals surface area (Å²) in [7, 11) is 1.48. The Labute approximate surface area is 216 Å². The Hall–Kier alpha value is -3.45. The van der Waals surface area contributed by atoms with Crippen LogP contribution in [0.5, 0.6) is 5.75 Å². The number of hydrogen-bond donors (Lipinski definition) is 2. The Morgan fingerprint density at radius 1 is 1.22 bits per heavy atom. The highest BCUT2D eigenvalue weighted by molar-refractivity contribution is 6.10. The fourth-order valence-electron chi connectivity index (χ4n) is 6.22. The minimum Gasteiger partial charge on any atom is -0.494 e. The first-order valence-corrected chi connectivity index (χ1v) is 13.3. The highest BCUT2D eigenvalue weighted by Crippen LogP contribution is 2.39. The van der Waals surface area contributed by atoms with Gasteiger partial charge < -0.3 is 19.9 Å². The molecule has 0 spiro atoms. The van der Waals surface area contributed by atoms with E-state index in [9.17, 15) is 9.18 Å². The summed E-state index contributed by atoms with van der Waals surface area (Å²) in [5.41, 5.74) is 6.33. The number of aromatic amines is 1. The number of pyridine rings is 1. The molecule has 37 heavy (non-hydrogen) atoms. The van der Waals surface area contributed by atoms with Crippen LogP contribution in [0.4, 0.5) is 4.39 Å². The lowest BCUT2D eigenvalue weighted by Gasteiger charge is -2.36. The second-order valence-corrected chi connectivity index (χ2v) is 10.4. The normalized spacial score (nSPS) is 19.8. The van der Waals surface area contributed by atoms with Gasteiger partial charge in [-0.2, -0.15) is 0 Å². The summed E-state index contributed by atoms with van der Waals surface area (Å²) < 4.78 is 19.6. The number of ether oxygens (including phenoxy) is 1. The van der Waals surface area contributed by atoms with Crippen LogP contribution in [0.3, 0.4) is 0 Å². The van der Waals surface area contributed by atoms with Crippen molar-refractivity contribution in [3.63, 3.8) is 0 Å². The maximum absolute atomic E-state index is 14.5. The lowest BCUT2D eigenvalue weighted by atomic mass is 9.87. The zero-order valence-corrected chi connectivity index (χ0v) is 21.4. The molecule has 1 saturated heterocycles. The molecule has 2 aromatic heterocycles. The van der Waals surface area contributed by atoms with E-state index in [1.807, 2.05) is 17.0 Å². The van der Waals surface area contributed by atoms with Crippen molar-refractivity contribution in [2.75, 3.05) is 20.2 Å². The Morgan fingerprint density at radius 2 is 2.08 bits per heavy atom. The van der Waals surface area contributed by atoms with Gasteiger partial charge in [-0.15, -0.1) is 0 Å². The number of nitrogens with zero attached hydrogens (tertiary/aromatic N) is 2. The van der Waals surface area contributed by atoms with Crippen LogP contribution in [0.25, 0.3) is 21.8 Å². The minimum atomic E-state index is -0.363. The molecule has 6 nitrogen and oxygen atoms in total. The van der Waals surface area contributed by atoms with E-state index in [-0.39, 0.29) is 29.6 Å². The molecule has 192 valence electrons. The average Bonchev–Trinajstić information content (AvgIpc) is 3.30. The molecule has 0 bridgehead atoms. The van der Waals surface area contributed by atoms with Crippen molar-refractivity contribution in [3.8, 4) is 5.75 Å². The highest BCUT2D eigenvalue weighted by Gasteiger charge is 2.30. The van der Waals surface area contributed by atoms with Crippen LogP contribution in [0.1, 0.15) is 61.2 Å². The number of methoxy groups -OCH3 is 1. The molecule has 0 saturated carbocycles. The molecule has 1 unspecified atom stereocenters. The van der Waals surface area contributed by atoms with Crippen LogP contribution < -0.4 is 10.1 Å². The number of aromatic nitrogens is 2. The molecule has 4 aromatic rings. The zero-order valence-electron chi connectivity index (χ0n) is 21.4. The lowest BCUT2D eigenvalue weighted by molar-refractivity contribution is -0.130. The van der Waals surface area contributed by atoms with E-state index in [1.165, 1.54) is 23.4 Å². The molecule has 1 fully saturated rings. The van der Waals surface area contributed by atoms with Crippen LogP contribution >= 0.6 is 0 Å². The van der Waals surface area contributed by atoms with E-state index in [4.69, 9.17) is 9.72 Å². The summed E-state index contributed by atoms with van der Waals surface area (Å²) >= 11 is 0. The molecule has 0 radical (unpaired) electrons. The van der Waals surface area contributed by atoms with E-state index in [0.717, 1.165) is 73.2 Å². The SMILES string of the molecule is COc1ccc(Cc2nc3c(c4c2[nH]c2ccccc24)CCCC3N[C@@H]2CCCN(C(C)=O)C2)cc1F. The predicted molar refractivity (Wildman–Crippen MR) is 143 cm³/mol. The van der Waals surface area contributed by atoms with Crippen LogP contribution in [0.2, 0.25) is 0 Å². The summed E-state index contributed by atoms with van der Waals surface area (Å²) in [5, 5.41) is 6.32. The van der Waals surface area contributed by atoms with Gasteiger partial charge in [0.25, 0.3) is 0 Å². The largest absolute Gasteiger partial charge is 0.494 e. The third-order valence-electron chi connectivity index (χ3n) is 8.00. The molecular formula is C30H33FN4O2. The monoisotopic (exact) mass is 500 g/mol. The standard InChI is InChI=1S/C30H33FN4O2/c1-18(36)35-14-6-7-20(17-35)32-25-11-5-9-22-28-21-8-3-4-10-24(21)33-30(28)26(34-29(22)25)16-19-12-13-27(37-2)23(31)15-19/h3-4,8,10,12-13,15,20,25,32-33H,5-7,9,11,14,16-17H2,1-2H3/t20-,25?/m1/s1. The van der Waals surface area contributed by atoms with Crippen molar-refractivity contribution in [1.29, 1.82) is 0 Å². The molecule has 1 aliphatic heterocycles. The first-order valence-electron chi connectivity index (χ1n) is 13.3. The maximum atomic E-state index is 14.5. The fourth-order valence-corrected chi connectivity index (χ4v) is 6.22. The van der Waals surface area contributed by atoms with E-state index in [1.54, 1.807) is 19.1 Å². The number of hydrogen-bond acceptors (Lipinski definition) is 4. The second-order valence-electron chi connectivity index (χ2n) is 10.4. The molecule has 1 amide bonds. The van der Waals surface area contributed by atoms with Crippen molar-refractivity contribution in [1.82, 2.24) is 20.2 Å². The Morgan fingerprint density at radius 3 is 2.89 bits per heavy atom. The van der Waals surface area contributed by atoms with Gasteiger partial charge in [0.1, 0.15) is 0 Å². The van der Waals surface area contributed by atoms with Crippen LogP contribution in [0, 0.1) is 5.82 Å². The Balaban J connectivity index is 1.43. The van der Waals surface area contributed by atoms with Gasteiger partial charge in [-0.1, -0.05) is 24.3 Å². The molecule has 2 N–H and O–H groups in total. The third-order valence-corrected chi connectivity index (χ3v) is 8.00. The number of H-pyrrole nitrogens is 1. The van der Waals surface area contributed by atoms with E-state index < -0.39 is 0 Å². The average molecular weight is 501 g/mol. The number of aryl methyl sites for hydroxylation is 1. The third kappa shape index (κ3) is 4.46. The summed E-state index contributed by atoms with van der Waals surface area (Å²) in [4.78, 5) is 22.9. The summed E-state index contributed by atoms with van der Waals surface area (Å²) in [5.74, 6) is 0.0233. The highest BCUT2D eigenvalue weighted by atomic mass is 19.1. The van der Waals surface area contributed by atoms with Gasteiger partial charge in [0.15, 0.2) is 11.6 Å². The molecule has 2 atom stereocenters. The predicted octanol–water partition coefficient (Wildman–Crippen LogP) is 5.43. The van der Waals surface area contributed by atoms with Gasteiger partial charge in [-0.25, -0.2) is 4.39 Å². The van der Waals surface area contributed by atoms with E-state index in [0.29, 0.717) is 6.42 Å². The smallest absolute Gasteiger partial charge is 0.219 e. The first-order chi connectivity index (χ1) is 18.0. The van der Waals surface area contributed by atoms with Crippen molar-refractivity contribution in [2.45, 2.75) is 57.5 Å². The number of carbonyl (C=O) groups is 1. The van der Waals surface area contributed by atoms with Crippen molar-refractivity contribution >= 4 is 27.7 Å². The second kappa shape index (κ2) is 9.78. The number of para-hydroxylation sites is 1. The number of likely N-dealkylation sites (tertiary alicyclic amines) is 1. The number of halogens is 1. The Kier molecular flexibility index (Phi) is 6.32. The number of carbonyl (C=O) groups excluding carboxylic acids is 1. The van der Waals surface area contributed by atoms with Crippen molar-refractivity contribution in [2.24, 2.45) is 0 Å². The van der Waals surface area contributed by atoms with Crippen molar-refractivity contribution in [3.05, 3.63) is 70.8 Å². The first kappa shape index (κ1) is 23.9. The maximum Gasteiger partial charge on any atom is 0.219 e. The van der Waals surface area contributed by atoms with Crippen LogP contribution in [-0.2, 0) is 17.6 Å². The number of benzene rings is 2. The molecule has 7 heteroatoms. The molecule has 2 aliphatic rings. The van der Waals surface area contributed by atoms with Crippen molar-refractivity contribution < 1.29 is 13.9 Å².